The van der Waals surface area contributed by atoms with E-state index in [4.69, 9.17) is 18.6 Å². The summed E-state index contributed by atoms with van der Waals surface area (Å²) in [5, 5.41) is 3.41. The fourth-order valence-electron chi connectivity index (χ4n) is 5.94. The highest BCUT2D eigenvalue weighted by Gasteiger charge is 2.43. The number of benzene rings is 1. The predicted octanol–water partition coefficient (Wildman–Crippen LogP) is 5.84. The third-order valence-electron chi connectivity index (χ3n) is 7.80. The lowest BCUT2D eigenvalue weighted by molar-refractivity contribution is -0.146. The van der Waals surface area contributed by atoms with E-state index < -0.39 is 5.92 Å². The minimum Gasteiger partial charge on any atom is -0.493 e. The van der Waals surface area contributed by atoms with Crippen LogP contribution in [0.4, 0.5) is 0 Å². The number of allylic oxidation sites excluding steroid dienone is 3. The molecule has 5 rings (SSSR count). The monoisotopic (exact) mass is 505 g/mol. The molecule has 2 heterocycles. The Labute approximate surface area is 217 Å². The summed E-state index contributed by atoms with van der Waals surface area (Å²) in [6.45, 7) is 3.75. The van der Waals surface area contributed by atoms with Gasteiger partial charge in [-0.25, -0.2) is 4.79 Å². The number of nitrogens with one attached hydrogen (secondary N) is 1. The van der Waals surface area contributed by atoms with Crippen LogP contribution in [0.1, 0.15) is 80.8 Å². The SMILES string of the molecule is COc1ccc([C@@H]2CC(=O)C3=C(C2)NC(C)=C(C(=O)OC2CCCCC2)[C@H]3c2ccc(C)o2)cc1OC. The van der Waals surface area contributed by atoms with E-state index in [1.165, 1.54) is 6.42 Å². The topological polar surface area (TPSA) is 87.0 Å². The van der Waals surface area contributed by atoms with Crippen LogP contribution >= 0.6 is 0 Å². The maximum atomic E-state index is 13.8. The number of furan rings is 1. The van der Waals surface area contributed by atoms with E-state index in [0.717, 1.165) is 42.7 Å². The van der Waals surface area contributed by atoms with E-state index in [-0.39, 0.29) is 23.8 Å². The summed E-state index contributed by atoms with van der Waals surface area (Å²) in [5.41, 5.74) is 3.62. The van der Waals surface area contributed by atoms with E-state index in [2.05, 4.69) is 5.32 Å². The number of ketones is 1. The highest BCUT2D eigenvalue weighted by molar-refractivity contribution is 6.04. The zero-order valence-corrected chi connectivity index (χ0v) is 22.0. The number of ether oxygens (including phenoxy) is 3. The summed E-state index contributed by atoms with van der Waals surface area (Å²) in [6.07, 6.45) is 5.97. The third-order valence-corrected chi connectivity index (χ3v) is 7.80. The Morgan fingerprint density at radius 2 is 1.73 bits per heavy atom. The fraction of sp³-hybridized carbons (Fsp3) is 0.467. The van der Waals surface area contributed by atoms with Crippen molar-refractivity contribution in [1.82, 2.24) is 5.32 Å². The van der Waals surface area contributed by atoms with Crippen molar-refractivity contribution in [2.75, 3.05) is 14.2 Å². The van der Waals surface area contributed by atoms with Crippen molar-refractivity contribution in [2.45, 2.75) is 76.7 Å². The van der Waals surface area contributed by atoms with Crippen LogP contribution in [-0.4, -0.2) is 32.1 Å². The number of esters is 1. The molecule has 1 aromatic carbocycles. The van der Waals surface area contributed by atoms with Gasteiger partial charge in [0, 0.05) is 23.4 Å². The van der Waals surface area contributed by atoms with Gasteiger partial charge in [-0.1, -0.05) is 12.5 Å². The first kappa shape index (κ1) is 25.2. The molecule has 2 aliphatic carbocycles. The molecular weight excluding hydrogens is 470 g/mol. The van der Waals surface area contributed by atoms with Crippen molar-refractivity contribution in [1.29, 1.82) is 0 Å². The molecule has 0 radical (unpaired) electrons. The van der Waals surface area contributed by atoms with Gasteiger partial charge in [-0.3, -0.25) is 4.79 Å². The number of rotatable bonds is 6. The van der Waals surface area contributed by atoms with E-state index in [0.29, 0.717) is 46.9 Å². The van der Waals surface area contributed by atoms with Gasteiger partial charge in [-0.05, 0) is 81.7 Å². The second-order valence-electron chi connectivity index (χ2n) is 10.2. The quantitative estimate of drug-likeness (QED) is 0.493. The summed E-state index contributed by atoms with van der Waals surface area (Å²) in [4.78, 5) is 27.3. The molecule has 2 atom stereocenters. The van der Waals surface area contributed by atoms with Gasteiger partial charge in [0.25, 0.3) is 0 Å². The van der Waals surface area contributed by atoms with Crippen molar-refractivity contribution in [2.24, 2.45) is 0 Å². The molecule has 1 saturated carbocycles. The van der Waals surface area contributed by atoms with Gasteiger partial charge in [-0.15, -0.1) is 0 Å². The van der Waals surface area contributed by atoms with Gasteiger partial charge in [0.2, 0.25) is 0 Å². The number of aryl methyl sites for hydroxylation is 1. The second-order valence-corrected chi connectivity index (χ2v) is 10.2. The van der Waals surface area contributed by atoms with Crippen LogP contribution in [0.5, 0.6) is 11.5 Å². The maximum Gasteiger partial charge on any atom is 0.337 e. The Kier molecular flexibility index (Phi) is 7.13. The van der Waals surface area contributed by atoms with Crippen LogP contribution in [0.3, 0.4) is 0 Å². The van der Waals surface area contributed by atoms with Gasteiger partial charge in [0.1, 0.15) is 17.6 Å². The molecule has 1 N–H and O–H groups in total. The van der Waals surface area contributed by atoms with E-state index in [1.807, 2.05) is 44.2 Å². The zero-order valence-electron chi connectivity index (χ0n) is 22.0. The first-order valence-electron chi connectivity index (χ1n) is 13.1. The molecule has 0 unspecified atom stereocenters. The molecule has 37 heavy (non-hydrogen) atoms. The highest BCUT2D eigenvalue weighted by atomic mass is 16.5. The van der Waals surface area contributed by atoms with Crippen LogP contribution in [0.2, 0.25) is 0 Å². The number of carbonyl (C=O) groups is 2. The molecule has 0 saturated heterocycles. The Hall–Kier alpha value is -3.48. The predicted molar refractivity (Wildman–Crippen MR) is 139 cm³/mol. The van der Waals surface area contributed by atoms with Crippen LogP contribution in [0, 0.1) is 6.92 Å². The summed E-state index contributed by atoms with van der Waals surface area (Å²) in [6, 6.07) is 9.53. The van der Waals surface area contributed by atoms with Crippen molar-refractivity contribution in [3.05, 3.63) is 70.0 Å². The molecule has 0 amide bonds. The van der Waals surface area contributed by atoms with Crippen molar-refractivity contribution >= 4 is 11.8 Å². The summed E-state index contributed by atoms with van der Waals surface area (Å²) < 4.78 is 22.9. The first-order chi connectivity index (χ1) is 17.9. The van der Waals surface area contributed by atoms with Crippen LogP contribution < -0.4 is 14.8 Å². The lowest BCUT2D eigenvalue weighted by Crippen LogP contribution is -2.36. The van der Waals surface area contributed by atoms with Gasteiger partial charge in [0.15, 0.2) is 17.3 Å². The molecule has 0 bridgehead atoms. The second kappa shape index (κ2) is 10.5. The molecular formula is C30H35NO6. The minimum atomic E-state index is -0.583. The Morgan fingerprint density at radius 1 is 0.973 bits per heavy atom. The van der Waals surface area contributed by atoms with Crippen LogP contribution in [0.15, 0.2) is 57.3 Å². The van der Waals surface area contributed by atoms with Crippen molar-refractivity contribution in [3.63, 3.8) is 0 Å². The molecule has 196 valence electrons. The summed E-state index contributed by atoms with van der Waals surface area (Å²) in [5.74, 6) is 1.65. The third kappa shape index (κ3) is 4.91. The lowest BCUT2D eigenvalue weighted by atomic mass is 9.73. The average molecular weight is 506 g/mol. The average Bonchev–Trinajstić information content (AvgIpc) is 3.33. The molecule has 1 aromatic heterocycles. The number of carbonyl (C=O) groups excluding carboxylic acids is 2. The molecule has 3 aliphatic rings. The lowest BCUT2D eigenvalue weighted by Gasteiger charge is -2.36. The summed E-state index contributed by atoms with van der Waals surface area (Å²) >= 11 is 0. The molecule has 7 nitrogen and oxygen atoms in total. The minimum absolute atomic E-state index is 0.00283. The van der Waals surface area contributed by atoms with Crippen molar-refractivity contribution < 1.29 is 28.2 Å². The van der Waals surface area contributed by atoms with Gasteiger partial charge >= 0.3 is 5.97 Å². The Balaban J connectivity index is 1.49. The molecule has 7 heteroatoms. The number of dihydropyridines is 1. The number of hydrogen-bond donors (Lipinski definition) is 1. The summed E-state index contributed by atoms with van der Waals surface area (Å²) in [7, 11) is 3.21. The maximum absolute atomic E-state index is 13.8. The molecule has 2 aromatic rings. The molecule has 1 aliphatic heterocycles. The Morgan fingerprint density at radius 3 is 2.41 bits per heavy atom. The number of methoxy groups -OCH3 is 2. The fourth-order valence-corrected chi connectivity index (χ4v) is 5.94. The van der Waals surface area contributed by atoms with Gasteiger partial charge in [0.05, 0.1) is 25.7 Å². The van der Waals surface area contributed by atoms with Crippen LogP contribution in [-0.2, 0) is 14.3 Å². The largest absolute Gasteiger partial charge is 0.493 e. The first-order valence-corrected chi connectivity index (χ1v) is 13.1. The smallest absolute Gasteiger partial charge is 0.337 e. The van der Waals surface area contributed by atoms with E-state index in [1.54, 1.807) is 14.2 Å². The number of Topliss-reactive ketones (excluding diaryl/α,β-unsaturated/α-hetero) is 1. The van der Waals surface area contributed by atoms with Crippen LogP contribution in [0.25, 0.3) is 0 Å². The molecule has 0 spiro atoms. The van der Waals surface area contributed by atoms with Gasteiger partial charge < -0.3 is 23.9 Å². The zero-order chi connectivity index (χ0) is 26.1. The molecule has 1 fully saturated rings. The van der Waals surface area contributed by atoms with E-state index >= 15 is 0 Å². The van der Waals surface area contributed by atoms with E-state index in [9.17, 15) is 9.59 Å². The Bertz CT molecular complexity index is 1260. The standard InChI is InChI=1S/C30H35NO6/c1-17-10-12-25(36-17)29-27(30(33)37-21-8-6-5-7-9-21)18(2)31-22-14-20(15-23(32)28(22)29)19-11-13-24(34-3)26(16-19)35-4/h10-13,16,20-21,29,31H,5-9,14-15H2,1-4H3/t20-,29+/m0/s1. The van der Waals surface area contributed by atoms with Crippen molar-refractivity contribution in [3.8, 4) is 11.5 Å². The normalized spacial score (nSPS) is 22.4. The van der Waals surface area contributed by atoms with Gasteiger partial charge in [-0.2, -0.15) is 0 Å². The highest BCUT2D eigenvalue weighted by Crippen LogP contribution is 2.47. The number of hydrogen-bond acceptors (Lipinski definition) is 7.